The van der Waals surface area contributed by atoms with E-state index in [4.69, 9.17) is 5.73 Å². The molecule has 0 saturated carbocycles. The third-order valence-electron chi connectivity index (χ3n) is 3.17. The van der Waals surface area contributed by atoms with Gasteiger partial charge in [0, 0.05) is 37.1 Å². The molecule has 1 fully saturated rings. The van der Waals surface area contributed by atoms with Crippen molar-refractivity contribution in [1.82, 2.24) is 9.21 Å². The third-order valence-corrected chi connectivity index (χ3v) is 6.76. The van der Waals surface area contributed by atoms with Gasteiger partial charge in [-0.2, -0.15) is 4.31 Å². The number of likely N-dealkylation sites (N-methyl/N-ethyl adjacent to an activating group) is 1. The van der Waals surface area contributed by atoms with Gasteiger partial charge >= 0.3 is 0 Å². The Morgan fingerprint density at radius 3 is 2.72 bits per heavy atom. The van der Waals surface area contributed by atoms with Crippen LogP contribution in [0.15, 0.2) is 16.3 Å². The molecule has 102 valence electrons. The van der Waals surface area contributed by atoms with E-state index in [0.29, 0.717) is 17.3 Å². The molecular weight excluding hydrogens is 270 g/mol. The van der Waals surface area contributed by atoms with Crippen molar-refractivity contribution in [3.8, 4) is 0 Å². The van der Waals surface area contributed by atoms with Crippen molar-refractivity contribution in [2.75, 3.05) is 26.7 Å². The molecule has 1 aliphatic heterocycles. The Morgan fingerprint density at radius 1 is 1.44 bits per heavy atom. The van der Waals surface area contributed by atoms with Crippen molar-refractivity contribution in [3.05, 3.63) is 17.0 Å². The maximum Gasteiger partial charge on any atom is 0.252 e. The highest BCUT2D eigenvalue weighted by molar-refractivity contribution is 7.91. The van der Waals surface area contributed by atoms with Crippen molar-refractivity contribution >= 4 is 21.4 Å². The summed E-state index contributed by atoms with van der Waals surface area (Å²) in [7, 11) is -1.34. The quantitative estimate of drug-likeness (QED) is 0.881. The van der Waals surface area contributed by atoms with Crippen LogP contribution < -0.4 is 5.73 Å². The molecule has 1 unspecified atom stereocenters. The fraction of sp³-hybridized carbons (Fsp3) is 0.636. The average molecular weight is 289 g/mol. The number of piperazine rings is 1. The minimum absolute atomic E-state index is 0.0113. The second-order valence-corrected chi connectivity index (χ2v) is 7.94. The summed E-state index contributed by atoms with van der Waals surface area (Å²) in [5, 5.41) is 0. The summed E-state index contributed by atoms with van der Waals surface area (Å²) < 4.78 is 27.0. The molecule has 1 aromatic heterocycles. The number of hydrogen-bond acceptors (Lipinski definition) is 5. The molecule has 1 aliphatic rings. The Labute approximate surface area is 112 Å². The first-order valence-electron chi connectivity index (χ1n) is 5.94. The molecule has 5 nitrogen and oxygen atoms in total. The van der Waals surface area contributed by atoms with E-state index >= 15 is 0 Å². The lowest BCUT2D eigenvalue weighted by molar-refractivity contribution is 0.170. The van der Waals surface area contributed by atoms with Crippen LogP contribution >= 0.6 is 11.3 Å². The molecule has 0 aromatic carbocycles. The van der Waals surface area contributed by atoms with Crippen molar-refractivity contribution in [2.24, 2.45) is 5.73 Å². The number of nitrogens with two attached hydrogens (primary N) is 1. The molecule has 2 heterocycles. The second kappa shape index (κ2) is 5.26. The van der Waals surface area contributed by atoms with Gasteiger partial charge in [0.05, 0.1) is 0 Å². The molecule has 1 aromatic rings. The molecular formula is C11H19N3O2S2. The molecule has 7 heteroatoms. The van der Waals surface area contributed by atoms with E-state index in [0.717, 1.165) is 18.0 Å². The van der Waals surface area contributed by atoms with Gasteiger partial charge in [0.15, 0.2) is 0 Å². The van der Waals surface area contributed by atoms with Gasteiger partial charge in [-0.1, -0.05) is 0 Å². The predicted molar refractivity (Wildman–Crippen MR) is 73.1 cm³/mol. The Bertz CT molecular complexity index is 512. The molecule has 0 bridgehead atoms. The normalized spacial score (nSPS) is 23.4. The first-order chi connectivity index (χ1) is 8.45. The minimum atomic E-state index is -3.35. The number of rotatable bonds is 3. The van der Waals surface area contributed by atoms with Gasteiger partial charge in [-0.3, -0.25) is 0 Å². The first kappa shape index (κ1) is 14.0. The van der Waals surface area contributed by atoms with Crippen molar-refractivity contribution in [2.45, 2.75) is 23.7 Å². The van der Waals surface area contributed by atoms with Gasteiger partial charge < -0.3 is 10.6 Å². The fourth-order valence-electron chi connectivity index (χ4n) is 2.20. The van der Waals surface area contributed by atoms with Crippen molar-refractivity contribution in [1.29, 1.82) is 0 Å². The molecule has 0 radical (unpaired) electrons. The molecule has 0 aliphatic carbocycles. The summed E-state index contributed by atoms with van der Waals surface area (Å²) in [6.45, 7) is 4.44. The summed E-state index contributed by atoms with van der Waals surface area (Å²) in [4.78, 5) is 3.05. The van der Waals surface area contributed by atoms with E-state index in [1.807, 2.05) is 14.0 Å². The Balaban J connectivity index is 2.25. The van der Waals surface area contributed by atoms with Crippen molar-refractivity contribution < 1.29 is 8.42 Å². The van der Waals surface area contributed by atoms with E-state index in [1.54, 1.807) is 16.4 Å². The topological polar surface area (TPSA) is 66.6 Å². The zero-order valence-corrected chi connectivity index (χ0v) is 12.3. The molecule has 18 heavy (non-hydrogen) atoms. The van der Waals surface area contributed by atoms with Crippen LogP contribution in [0.4, 0.5) is 0 Å². The van der Waals surface area contributed by atoms with Crippen molar-refractivity contribution in [3.63, 3.8) is 0 Å². The van der Waals surface area contributed by atoms with Crippen LogP contribution in [-0.2, 0) is 16.6 Å². The summed E-state index contributed by atoms with van der Waals surface area (Å²) >= 11 is 1.27. The predicted octanol–water partition coefficient (Wildman–Crippen LogP) is 0.531. The van der Waals surface area contributed by atoms with Gasteiger partial charge in [0.25, 0.3) is 10.0 Å². The van der Waals surface area contributed by atoms with Crippen LogP contribution in [0.1, 0.15) is 11.8 Å². The summed E-state index contributed by atoms with van der Waals surface area (Å²) in [5.41, 5.74) is 5.53. The number of nitrogens with zero attached hydrogens (tertiary/aromatic N) is 2. The van der Waals surface area contributed by atoms with E-state index in [1.165, 1.54) is 11.3 Å². The zero-order chi connectivity index (χ0) is 13.3. The van der Waals surface area contributed by atoms with Crippen LogP contribution in [-0.4, -0.2) is 50.3 Å². The average Bonchev–Trinajstić information content (AvgIpc) is 2.77. The molecule has 0 amide bonds. The van der Waals surface area contributed by atoms with Gasteiger partial charge in [-0.15, -0.1) is 11.3 Å². The Kier molecular flexibility index (Phi) is 4.08. The van der Waals surface area contributed by atoms with Crippen LogP contribution in [0.3, 0.4) is 0 Å². The lowest BCUT2D eigenvalue weighted by atomic mass is 10.2. The molecule has 0 spiro atoms. The Hall–Kier alpha value is -0.470. The standard InChI is InChI=1S/C11H19N3O2S2/c1-9-8-13(2)5-6-14(9)18(15,16)11-4-3-10(7-12)17-11/h3-4,9H,5-8,12H2,1-2H3. The van der Waals surface area contributed by atoms with E-state index in [-0.39, 0.29) is 6.04 Å². The van der Waals surface area contributed by atoms with Crippen LogP contribution in [0, 0.1) is 0 Å². The molecule has 2 N–H and O–H groups in total. The summed E-state index contributed by atoms with van der Waals surface area (Å²) in [6, 6.07) is 3.46. The second-order valence-electron chi connectivity index (χ2n) is 4.65. The maximum absolute atomic E-state index is 12.5. The van der Waals surface area contributed by atoms with Gasteiger partial charge in [0.2, 0.25) is 0 Å². The summed E-state index contributed by atoms with van der Waals surface area (Å²) in [6.07, 6.45) is 0. The fourth-order valence-corrected chi connectivity index (χ4v) is 5.18. The maximum atomic E-state index is 12.5. The monoisotopic (exact) mass is 289 g/mol. The highest BCUT2D eigenvalue weighted by Gasteiger charge is 2.33. The summed E-state index contributed by atoms with van der Waals surface area (Å²) in [5.74, 6) is 0. The highest BCUT2D eigenvalue weighted by atomic mass is 32.2. The zero-order valence-electron chi connectivity index (χ0n) is 10.7. The van der Waals surface area contributed by atoms with Gasteiger partial charge in [-0.05, 0) is 26.1 Å². The van der Waals surface area contributed by atoms with Gasteiger partial charge in [-0.25, -0.2) is 8.42 Å². The SMILES string of the molecule is CC1CN(C)CCN1S(=O)(=O)c1ccc(CN)s1. The van der Waals surface area contributed by atoms with Gasteiger partial charge in [0.1, 0.15) is 4.21 Å². The lowest BCUT2D eigenvalue weighted by Gasteiger charge is -2.36. The van der Waals surface area contributed by atoms with E-state index in [2.05, 4.69) is 4.90 Å². The smallest absolute Gasteiger partial charge is 0.252 e. The first-order valence-corrected chi connectivity index (χ1v) is 8.20. The van der Waals surface area contributed by atoms with Crippen LogP contribution in [0.5, 0.6) is 0 Å². The van der Waals surface area contributed by atoms with Crippen LogP contribution in [0.2, 0.25) is 0 Å². The van der Waals surface area contributed by atoms with Crippen LogP contribution in [0.25, 0.3) is 0 Å². The number of thiophene rings is 1. The number of sulfonamides is 1. The van der Waals surface area contributed by atoms with E-state index in [9.17, 15) is 8.42 Å². The lowest BCUT2D eigenvalue weighted by Crippen LogP contribution is -2.52. The largest absolute Gasteiger partial charge is 0.326 e. The molecule has 1 saturated heterocycles. The van der Waals surface area contributed by atoms with E-state index < -0.39 is 10.0 Å². The minimum Gasteiger partial charge on any atom is -0.326 e. The third kappa shape index (κ3) is 2.60. The number of hydrogen-bond donors (Lipinski definition) is 1. The molecule has 2 rings (SSSR count). The highest BCUT2D eigenvalue weighted by Crippen LogP contribution is 2.27. The Morgan fingerprint density at radius 2 is 2.17 bits per heavy atom. The molecule has 1 atom stereocenters.